The predicted molar refractivity (Wildman–Crippen MR) is 84.4 cm³/mol. The largest absolute Gasteiger partial charge is 0.372 e. The molecule has 0 aromatic heterocycles. The van der Waals surface area contributed by atoms with E-state index in [-0.39, 0.29) is 12.1 Å². The van der Waals surface area contributed by atoms with Crippen molar-refractivity contribution in [1.29, 1.82) is 0 Å². The van der Waals surface area contributed by atoms with Gasteiger partial charge in [0.05, 0.1) is 17.4 Å². The molecule has 5 rings (SSSR count). The number of allylic oxidation sites excluding steroid dienone is 2. The molecule has 3 aliphatic heterocycles. The van der Waals surface area contributed by atoms with Gasteiger partial charge in [-0.05, 0) is 23.8 Å². The first kappa shape index (κ1) is 11.0. The maximum absolute atomic E-state index is 4.75. The van der Waals surface area contributed by atoms with Crippen LogP contribution >= 0.6 is 0 Å². The zero-order valence-corrected chi connectivity index (χ0v) is 11.2. The molecule has 0 saturated carbocycles. The second-order valence-corrected chi connectivity index (χ2v) is 5.46. The molecule has 0 amide bonds. The van der Waals surface area contributed by atoms with Crippen LogP contribution in [0.2, 0.25) is 0 Å². The molecule has 1 N–H and O–H groups in total. The van der Waals surface area contributed by atoms with Crippen molar-refractivity contribution in [3.05, 3.63) is 64.9 Å². The molecule has 0 saturated heterocycles. The van der Waals surface area contributed by atoms with Crippen LogP contribution in [0.25, 0.3) is 0 Å². The van der Waals surface area contributed by atoms with E-state index in [0.29, 0.717) is 0 Å². The third kappa shape index (κ3) is 1.47. The molecule has 4 aliphatic rings. The van der Waals surface area contributed by atoms with Crippen molar-refractivity contribution < 1.29 is 0 Å². The van der Waals surface area contributed by atoms with E-state index in [2.05, 4.69) is 51.7 Å². The fourth-order valence-corrected chi connectivity index (χ4v) is 3.27. The molecule has 0 spiro atoms. The van der Waals surface area contributed by atoms with Crippen molar-refractivity contribution in [3.8, 4) is 0 Å². The first-order valence-electron chi connectivity index (χ1n) is 7.03. The lowest BCUT2D eigenvalue weighted by atomic mass is 9.86. The van der Waals surface area contributed by atoms with Gasteiger partial charge in [0.1, 0.15) is 12.4 Å². The standard InChI is InChI=1S/C17H12N4/c1-2-4-13-11(3-1)17-15(20-13)7-12-14(21-17)6-5-10-8-18-9-19-16(10)12/h1-9,16-17,21H. The Bertz CT molecular complexity index is 836. The van der Waals surface area contributed by atoms with Gasteiger partial charge in [-0.25, -0.2) is 4.99 Å². The Balaban J connectivity index is 1.65. The van der Waals surface area contributed by atoms with E-state index >= 15 is 0 Å². The molecule has 1 aromatic carbocycles. The van der Waals surface area contributed by atoms with Crippen LogP contribution < -0.4 is 5.32 Å². The number of hydrogen-bond donors (Lipinski definition) is 1. The average Bonchev–Trinajstić information content (AvgIpc) is 2.90. The molecule has 100 valence electrons. The van der Waals surface area contributed by atoms with Gasteiger partial charge >= 0.3 is 0 Å². The lowest BCUT2D eigenvalue weighted by Crippen LogP contribution is -2.35. The average molecular weight is 272 g/mol. The van der Waals surface area contributed by atoms with Gasteiger partial charge < -0.3 is 5.32 Å². The van der Waals surface area contributed by atoms with Gasteiger partial charge in [0.15, 0.2) is 0 Å². The number of benzene rings is 1. The van der Waals surface area contributed by atoms with Crippen molar-refractivity contribution in [1.82, 2.24) is 5.32 Å². The second-order valence-electron chi connectivity index (χ2n) is 5.46. The molecule has 0 radical (unpaired) electrons. The molecular formula is C17H12N4. The predicted octanol–water partition coefficient (Wildman–Crippen LogP) is 2.65. The van der Waals surface area contributed by atoms with E-state index < -0.39 is 0 Å². The summed E-state index contributed by atoms with van der Waals surface area (Å²) in [6, 6.07) is 8.50. The second kappa shape index (κ2) is 3.88. The Morgan fingerprint density at radius 3 is 3.05 bits per heavy atom. The van der Waals surface area contributed by atoms with Gasteiger partial charge in [-0.15, -0.1) is 0 Å². The molecule has 1 aromatic rings. The van der Waals surface area contributed by atoms with Gasteiger partial charge in [-0.1, -0.05) is 24.3 Å². The first-order valence-corrected chi connectivity index (χ1v) is 7.03. The minimum atomic E-state index is 0.0439. The lowest BCUT2D eigenvalue weighted by Gasteiger charge is -2.32. The molecule has 4 heteroatoms. The van der Waals surface area contributed by atoms with E-state index in [1.807, 2.05) is 12.3 Å². The lowest BCUT2D eigenvalue weighted by molar-refractivity contribution is 0.728. The highest BCUT2D eigenvalue weighted by molar-refractivity contribution is 6.08. The van der Waals surface area contributed by atoms with Gasteiger partial charge in [0.25, 0.3) is 0 Å². The van der Waals surface area contributed by atoms with E-state index in [0.717, 1.165) is 22.7 Å². The summed E-state index contributed by atoms with van der Waals surface area (Å²) in [6.07, 6.45) is 9.89. The van der Waals surface area contributed by atoms with Crippen LogP contribution in [-0.4, -0.2) is 24.3 Å². The molecule has 0 bridgehead atoms. The molecule has 4 nitrogen and oxygen atoms in total. The fraction of sp³-hybridized carbons (Fsp3) is 0.118. The summed E-state index contributed by atoms with van der Waals surface area (Å²) in [5, 5.41) is 3.61. The van der Waals surface area contributed by atoms with Crippen LogP contribution in [0.1, 0.15) is 11.6 Å². The van der Waals surface area contributed by atoms with Crippen molar-refractivity contribution in [2.24, 2.45) is 15.0 Å². The Morgan fingerprint density at radius 2 is 2.05 bits per heavy atom. The highest BCUT2D eigenvalue weighted by atomic mass is 15.0. The van der Waals surface area contributed by atoms with E-state index in [1.165, 1.54) is 11.1 Å². The number of hydrogen-bond acceptors (Lipinski definition) is 4. The smallest absolute Gasteiger partial charge is 0.111 e. The van der Waals surface area contributed by atoms with Gasteiger partial charge in [-0.2, -0.15) is 0 Å². The minimum Gasteiger partial charge on any atom is -0.372 e. The highest BCUT2D eigenvalue weighted by Crippen LogP contribution is 2.40. The van der Waals surface area contributed by atoms with Crippen LogP contribution in [0.4, 0.5) is 5.69 Å². The summed E-state index contributed by atoms with van der Waals surface area (Å²) >= 11 is 0. The number of nitrogens with zero attached hydrogens (tertiary/aromatic N) is 3. The molecule has 21 heavy (non-hydrogen) atoms. The maximum Gasteiger partial charge on any atom is 0.111 e. The van der Waals surface area contributed by atoms with Gasteiger partial charge in [0, 0.05) is 23.0 Å². The van der Waals surface area contributed by atoms with Gasteiger partial charge in [-0.3, -0.25) is 9.98 Å². The summed E-state index contributed by atoms with van der Waals surface area (Å²) in [5.41, 5.74) is 6.82. The number of fused-ring (bicyclic) bond motifs is 6. The normalized spacial score (nSPS) is 27.2. The summed E-state index contributed by atoms with van der Waals surface area (Å²) in [4.78, 5) is 13.4. The zero-order valence-electron chi connectivity index (χ0n) is 11.2. The third-order valence-electron chi connectivity index (χ3n) is 4.27. The van der Waals surface area contributed by atoms with Crippen LogP contribution in [0, 0.1) is 0 Å². The molecular weight excluding hydrogens is 260 g/mol. The van der Waals surface area contributed by atoms with E-state index in [4.69, 9.17) is 4.99 Å². The quantitative estimate of drug-likeness (QED) is 0.775. The number of para-hydroxylation sites is 1. The van der Waals surface area contributed by atoms with Crippen LogP contribution in [0.15, 0.2) is 74.3 Å². The number of aliphatic imine (C=N–C) groups is 3. The third-order valence-corrected chi connectivity index (χ3v) is 4.27. The Morgan fingerprint density at radius 1 is 1.10 bits per heavy atom. The summed E-state index contributed by atoms with van der Waals surface area (Å²) in [7, 11) is 0. The molecule has 1 aliphatic carbocycles. The van der Waals surface area contributed by atoms with Crippen molar-refractivity contribution in [2.45, 2.75) is 12.1 Å². The zero-order chi connectivity index (χ0) is 13.8. The van der Waals surface area contributed by atoms with Crippen molar-refractivity contribution in [3.63, 3.8) is 0 Å². The van der Waals surface area contributed by atoms with Gasteiger partial charge in [0.2, 0.25) is 0 Å². The SMILES string of the molecule is C1=NC=NC2C1=CC=C1NC3C(=Nc4ccccc43)C=C12. The number of nitrogens with one attached hydrogen (secondary N) is 1. The summed E-state index contributed by atoms with van der Waals surface area (Å²) in [5.74, 6) is 0. The Labute approximate surface area is 122 Å². The molecule has 0 fully saturated rings. The summed E-state index contributed by atoms with van der Waals surface area (Å²) < 4.78 is 0. The molecule has 2 unspecified atom stereocenters. The topological polar surface area (TPSA) is 49.1 Å². The Kier molecular flexibility index (Phi) is 2.03. The molecule has 2 atom stereocenters. The van der Waals surface area contributed by atoms with Crippen LogP contribution in [-0.2, 0) is 0 Å². The van der Waals surface area contributed by atoms with Crippen molar-refractivity contribution >= 4 is 24.0 Å². The van der Waals surface area contributed by atoms with Crippen LogP contribution in [0.3, 0.4) is 0 Å². The van der Waals surface area contributed by atoms with E-state index in [9.17, 15) is 0 Å². The maximum atomic E-state index is 4.75. The highest BCUT2D eigenvalue weighted by Gasteiger charge is 2.35. The minimum absolute atomic E-state index is 0.0439. The van der Waals surface area contributed by atoms with Crippen LogP contribution in [0.5, 0.6) is 0 Å². The number of rotatable bonds is 0. The Hall–Kier alpha value is -2.75. The first-order chi connectivity index (χ1) is 10.4. The molecule has 3 heterocycles. The van der Waals surface area contributed by atoms with E-state index in [1.54, 1.807) is 6.34 Å². The summed E-state index contributed by atoms with van der Waals surface area (Å²) in [6.45, 7) is 0. The fourth-order valence-electron chi connectivity index (χ4n) is 3.27. The monoisotopic (exact) mass is 272 g/mol. The van der Waals surface area contributed by atoms with Crippen molar-refractivity contribution in [2.75, 3.05) is 0 Å².